The van der Waals surface area contributed by atoms with Gasteiger partial charge in [-0.15, -0.1) is 0 Å². The zero-order valence-corrected chi connectivity index (χ0v) is 14.9. The minimum Gasteiger partial charge on any atom is -0.497 e. The fourth-order valence-corrected chi connectivity index (χ4v) is 4.40. The summed E-state index contributed by atoms with van der Waals surface area (Å²) >= 11 is 0. The minimum atomic E-state index is -4.32. The Morgan fingerprint density at radius 3 is 2.73 bits per heavy atom. The monoisotopic (exact) mass is 383 g/mol. The summed E-state index contributed by atoms with van der Waals surface area (Å²) in [5.74, 6) is -1.27. The van der Waals surface area contributed by atoms with Crippen molar-refractivity contribution in [1.82, 2.24) is 4.72 Å². The third-order valence-electron chi connectivity index (χ3n) is 4.59. The van der Waals surface area contributed by atoms with Crippen LogP contribution >= 0.6 is 0 Å². The quantitative estimate of drug-likeness (QED) is 0.832. The molecule has 140 valence electrons. The molecule has 0 amide bonds. The number of fused-ring (bicyclic) bond motifs is 1. The molecule has 0 aliphatic heterocycles. The van der Waals surface area contributed by atoms with Crippen LogP contribution in [0.15, 0.2) is 41.3 Å². The fraction of sp³-hybridized carbons (Fsp3) is 0.333. The Balaban J connectivity index is 1.87. The Kier molecular flexibility index (Phi) is 5.01. The Bertz CT molecular complexity index is 933. The van der Waals surface area contributed by atoms with E-state index in [1.54, 1.807) is 25.3 Å². The average molecular weight is 383 g/mol. The highest BCUT2D eigenvalue weighted by Crippen LogP contribution is 2.37. The Morgan fingerprint density at radius 2 is 2.00 bits per heavy atom. The average Bonchev–Trinajstić information content (AvgIpc) is 2.62. The number of rotatable bonds is 5. The van der Waals surface area contributed by atoms with Crippen molar-refractivity contribution >= 4 is 10.0 Å². The van der Waals surface area contributed by atoms with Crippen LogP contribution in [0.5, 0.6) is 5.75 Å². The number of benzene rings is 2. The van der Waals surface area contributed by atoms with E-state index in [1.807, 2.05) is 0 Å². The first-order chi connectivity index (χ1) is 12.2. The summed E-state index contributed by atoms with van der Waals surface area (Å²) in [6.07, 6.45) is 1.74. The second kappa shape index (κ2) is 6.94. The summed E-state index contributed by atoms with van der Waals surface area (Å²) in [5.41, 5.74) is 0.0395. The van der Waals surface area contributed by atoms with Crippen molar-refractivity contribution < 1.29 is 27.0 Å². The molecule has 0 spiro atoms. The summed E-state index contributed by atoms with van der Waals surface area (Å²) in [7, 11) is -2.78. The Morgan fingerprint density at radius 1 is 1.23 bits per heavy atom. The van der Waals surface area contributed by atoms with Crippen LogP contribution in [0.25, 0.3) is 0 Å². The van der Waals surface area contributed by atoms with Gasteiger partial charge in [-0.25, -0.2) is 21.9 Å². The number of ether oxygens (including phenoxy) is 1. The molecular weight excluding hydrogens is 364 g/mol. The molecule has 5 nitrogen and oxygen atoms in total. The zero-order chi connectivity index (χ0) is 18.9. The van der Waals surface area contributed by atoms with Crippen LogP contribution in [-0.4, -0.2) is 27.2 Å². The lowest BCUT2D eigenvalue weighted by Crippen LogP contribution is -2.43. The number of methoxy groups -OCH3 is 1. The van der Waals surface area contributed by atoms with Crippen LogP contribution < -0.4 is 9.46 Å². The molecule has 1 unspecified atom stereocenters. The predicted octanol–water partition coefficient (Wildman–Crippen LogP) is 2.48. The van der Waals surface area contributed by atoms with Crippen molar-refractivity contribution in [3.63, 3.8) is 0 Å². The predicted molar refractivity (Wildman–Crippen MR) is 91.4 cm³/mol. The molecule has 3 rings (SSSR count). The van der Waals surface area contributed by atoms with E-state index in [0.717, 1.165) is 24.1 Å². The number of nitrogens with one attached hydrogen (secondary N) is 1. The van der Waals surface area contributed by atoms with Gasteiger partial charge in [0.2, 0.25) is 10.0 Å². The molecule has 1 atom stereocenters. The van der Waals surface area contributed by atoms with E-state index in [-0.39, 0.29) is 6.54 Å². The molecule has 8 heteroatoms. The highest BCUT2D eigenvalue weighted by Gasteiger charge is 2.36. The zero-order valence-electron chi connectivity index (χ0n) is 14.1. The van der Waals surface area contributed by atoms with Crippen LogP contribution in [0.2, 0.25) is 0 Å². The van der Waals surface area contributed by atoms with Crippen LogP contribution in [-0.2, 0) is 22.0 Å². The van der Waals surface area contributed by atoms with E-state index in [0.29, 0.717) is 30.2 Å². The van der Waals surface area contributed by atoms with Gasteiger partial charge >= 0.3 is 0 Å². The molecule has 0 heterocycles. The number of hydrogen-bond donors (Lipinski definition) is 2. The van der Waals surface area contributed by atoms with Gasteiger partial charge in [-0.05, 0) is 60.7 Å². The van der Waals surface area contributed by atoms with Crippen LogP contribution in [0.1, 0.15) is 24.0 Å². The molecular formula is C18H19F2NO4S. The second-order valence-corrected chi connectivity index (χ2v) is 8.04. The first-order valence-corrected chi connectivity index (χ1v) is 9.58. The van der Waals surface area contributed by atoms with Gasteiger partial charge in [-0.1, -0.05) is 6.07 Å². The van der Waals surface area contributed by atoms with Gasteiger partial charge in [0.25, 0.3) is 0 Å². The van der Waals surface area contributed by atoms with Crippen LogP contribution in [0.4, 0.5) is 8.78 Å². The summed E-state index contributed by atoms with van der Waals surface area (Å²) < 4.78 is 59.2. The lowest BCUT2D eigenvalue weighted by atomic mass is 9.79. The number of sulfonamides is 1. The van der Waals surface area contributed by atoms with E-state index in [1.165, 1.54) is 0 Å². The lowest BCUT2D eigenvalue weighted by molar-refractivity contribution is 0.0242. The van der Waals surface area contributed by atoms with Gasteiger partial charge in [0.05, 0.1) is 7.11 Å². The Hall–Kier alpha value is -2.03. The number of hydrogen-bond acceptors (Lipinski definition) is 4. The van der Waals surface area contributed by atoms with Crippen molar-refractivity contribution in [1.29, 1.82) is 0 Å². The third kappa shape index (κ3) is 3.58. The first-order valence-electron chi connectivity index (χ1n) is 8.10. The normalized spacial score (nSPS) is 19.8. The Labute approximate surface area is 150 Å². The minimum absolute atomic E-state index is 0.343. The summed E-state index contributed by atoms with van der Waals surface area (Å²) in [6, 6.07) is 7.40. The molecule has 26 heavy (non-hydrogen) atoms. The van der Waals surface area contributed by atoms with E-state index < -0.39 is 32.2 Å². The van der Waals surface area contributed by atoms with Crippen LogP contribution in [0, 0.1) is 11.6 Å². The molecule has 0 saturated heterocycles. The molecule has 0 aromatic heterocycles. The van der Waals surface area contributed by atoms with E-state index in [4.69, 9.17) is 4.74 Å². The van der Waals surface area contributed by atoms with Crippen LogP contribution in [0.3, 0.4) is 0 Å². The number of aryl methyl sites for hydroxylation is 1. The van der Waals surface area contributed by atoms with Gasteiger partial charge in [-0.2, -0.15) is 0 Å². The summed E-state index contributed by atoms with van der Waals surface area (Å²) in [4.78, 5) is -0.785. The third-order valence-corrected chi connectivity index (χ3v) is 6.00. The second-order valence-electron chi connectivity index (χ2n) is 6.31. The molecule has 0 fully saturated rings. The highest BCUT2D eigenvalue weighted by molar-refractivity contribution is 7.89. The van der Waals surface area contributed by atoms with Gasteiger partial charge in [-0.3, -0.25) is 0 Å². The molecule has 0 saturated carbocycles. The van der Waals surface area contributed by atoms with Crippen molar-refractivity contribution in [2.24, 2.45) is 0 Å². The maximum absolute atomic E-state index is 13.8. The summed E-state index contributed by atoms with van der Waals surface area (Å²) in [5, 5.41) is 11.0. The molecule has 2 N–H and O–H groups in total. The molecule has 1 aliphatic rings. The largest absolute Gasteiger partial charge is 0.497 e. The molecule has 0 radical (unpaired) electrons. The SMILES string of the molecule is COc1ccc2c(c1)CCCC2(O)CNS(=O)(=O)c1cc(F)ccc1F. The highest BCUT2D eigenvalue weighted by atomic mass is 32.2. The molecule has 2 aromatic carbocycles. The van der Waals surface area contributed by atoms with E-state index in [9.17, 15) is 22.3 Å². The smallest absolute Gasteiger partial charge is 0.243 e. The number of aliphatic hydroxyl groups is 1. The molecule has 1 aliphatic carbocycles. The fourth-order valence-electron chi connectivity index (χ4n) is 3.22. The van der Waals surface area contributed by atoms with Crippen molar-refractivity contribution in [2.75, 3.05) is 13.7 Å². The van der Waals surface area contributed by atoms with Crippen molar-refractivity contribution in [3.05, 3.63) is 59.2 Å². The summed E-state index contributed by atoms with van der Waals surface area (Å²) in [6.45, 7) is -0.343. The lowest BCUT2D eigenvalue weighted by Gasteiger charge is -2.34. The molecule has 2 aromatic rings. The van der Waals surface area contributed by atoms with E-state index in [2.05, 4.69) is 4.72 Å². The molecule has 0 bridgehead atoms. The van der Waals surface area contributed by atoms with Gasteiger partial charge < -0.3 is 9.84 Å². The first kappa shape index (κ1) is 18.8. The topological polar surface area (TPSA) is 75.6 Å². The van der Waals surface area contributed by atoms with Gasteiger partial charge in [0.15, 0.2) is 0 Å². The standard InChI is InChI=1S/C18H19F2NO4S/c1-25-14-5-6-15-12(9-14)3-2-8-18(15,22)11-21-26(23,24)17-10-13(19)4-7-16(17)20/h4-7,9-10,21-22H,2-3,8,11H2,1H3. The maximum atomic E-state index is 13.8. The van der Waals surface area contributed by atoms with Gasteiger partial charge in [0, 0.05) is 6.54 Å². The number of halogens is 2. The van der Waals surface area contributed by atoms with Crippen molar-refractivity contribution in [2.45, 2.75) is 29.8 Å². The van der Waals surface area contributed by atoms with Gasteiger partial charge in [0.1, 0.15) is 27.9 Å². The maximum Gasteiger partial charge on any atom is 0.243 e. The van der Waals surface area contributed by atoms with Crippen molar-refractivity contribution in [3.8, 4) is 5.75 Å². The van der Waals surface area contributed by atoms with E-state index >= 15 is 0 Å².